The van der Waals surface area contributed by atoms with Gasteiger partial charge >= 0.3 is 0 Å². The second kappa shape index (κ2) is 7.31. The van der Waals surface area contributed by atoms with E-state index in [9.17, 15) is 9.59 Å². The molecule has 2 rings (SSSR count). The average Bonchev–Trinajstić information content (AvgIpc) is 2.46. The first-order chi connectivity index (χ1) is 10.4. The first-order valence-corrected chi connectivity index (χ1v) is 7.84. The molecule has 1 fully saturated rings. The lowest BCUT2D eigenvalue weighted by Gasteiger charge is -2.34. The van der Waals surface area contributed by atoms with Gasteiger partial charge in [-0.05, 0) is 19.2 Å². The van der Waals surface area contributed by atoms with Crippen LogP contribution in [0.25, 0.3) is 0 Å². The minimum absolute atomic E-state index is 0.0531. The summed E-state index contributed by atoms with van der Waals surface area (Å²) in [5.41, 5.74) is 0.390. The predicted molar refractivity (Wildman–Crippen MR) is 88.6 cm³/mol. The molecule has 120 valence electrons. The topological polar surface area (TPSA) is 43.9 Å². The van der Waals surface area contributed by atoms with Crippen LogP contribution in [-0.4, -0.2) is 61.4 Å². The molecule has 1 aliphatic heterocycles. The number of carbonyl (C=O) groups excluding carboxylic acids is 2. The summed E-state index contributed by atoms with van der Waals surface area (Å²) in [6, 6.07) is 5.01. The fourth-order valence-electron chi connectivity index (χ4n) is 2.39. The summed E-state index contributed by atoms with van der Waals surface area (Å²) in [7, 11) is 2.02. The summed E-state index contributed by atoms with van der Waals surface area (Å²) >= 11 is 12.3. The van der Waals surface area contributed by atoms with Gasteiger partial charge < -0.3 is 14.7 Å². The lowest BCUT2D eigenvalue weighted by Crippen LogP contribution is -2.50. The molecule has 1 heterocycles. The first kappa shape index (κ1) is 17.1. The Morgan fingerprint density at radius 1 is 1.14 bits per heavy atom. The van der Waals surface area contributed by atoms with E-state index >= 15 is 0 Å². The standard InChI is InChI=1S/C15H19Cl2N3O2/c1-11(21)20(15-12(16)4-3-5-13(15)17)10-14(22)19-8-6-18(2)7-9-19/h3-5H,6-10H2,1-2H3. The highest BCUT2D eigenvalue weighted by atomic mass is 35.5. The Morgan fingerprint density at radius 2 is 1.68 bits per heavy atom. The molecule has 1 aliphatic rings. The minimum Gasteiger partial charge on any atom is -0.339 e. The van der Waals surface area contributed by atoms with Crippen molar-refractivity contribution in [2.24, 2.45) is 0 Å². The molecule has 1 aromatic carbocycles. The van der Waals surface area contributed by atoms with Gasteiger partial charge in [0.1, 0.15) is 6.54 Å². The van der Waals surface area contributed by atoms with E-state index < -0.39 is 0 Å². The molecule has 7 heteroatoms. The monoisotopic (exact) mass is 343 g/mol. The third kappa shape index (κ3) is 3.91. The van der Waals surface area contributed by atoms with Gasteiger partial charge in [0, 0.05) is 33.1 Å². The van der Waals surface area contributed by atoms with Crippen molar-refractivity contribution in [1.29, 1.82) is 0 Å². The third-order valence-corrected chi connectivity index (χ3v) is 4.35. The summed E-state index contributed by atoms with van der Waals surface area (Å²) in [4.78, 5) is 29.7. The maximum absolute atomic E-state index is 12.4. The second-order valence-corrected chi connectivity index (χ2v) is 6.17. The Balaban J connectivity index is 2.16. The van der Waals surface area contributed by atoms with Gasteiger partial charge in [-0.3, -0.25) is 9.59 Å². The van der Waals surface area contributed by atoms with Gasteiger partial charge in [0.25, 0.3) is 0 Å². The molecule has 0 saturated carbocycles. The Bertz CT molecular complexity index is 552. The van der Waals surface area contributed by atoms with E-state index in [2.05, 4.69) is 4.90 Å². The van der Waals surface area contributed by atoms with Crippen LogP contribution in [0.4, 0.5) is 5.69 Å². The number of nitrogens with zero attached hydrogens (tertiary/aromatic N) is 3. The largest absolute Gasteiger partial charge is 0.339 e. The van der Waals surface area contributed by atoms with Crippen molar-refractivity contribution in [3.05, 3.63) is 28.2 Å². The molecule has 0 aromatic heterocycles. The molecule has 0 bridgehead atoms. The molecule has 0 N–H and O–H groups in total. The lowest BCUT2D eigenvalue weighted by atomic mass is 10.2. The summed E-state index contributed by atoms with van der Waals surface area (Å²) in [5, 5.41) is 0.711. The maximum atomic E-state index is 12.4. The van der Waals surface area contributed by atoms with Crippen LogP contribution in [0.5, 0.6) is 0 Å². The highest BCUT2D eigenvalue weighted by Crippen LogP contribution is 2.33. The van der Waals surface area contributed by atoms with E-state index in [-0.39, 0.29) is 18.4 Å². The molecule has 0 atom stereocenters. The molecule has 0 radical (unpaired) electrons. The number of benzene rings is 1. The molecule has 0 spiro atoms. The number of amides is 2. The van der Waals surface area contributed by atoms with Crippen LogP contribution in [0.2, 0.25) is 10.0 Å². The zero-order valence-corrected chi connectivity index (χ0v) is 14.2. The van der Waals surface area contributed by atoms with Crippen LogP contribution in [0.15, 0.2) is 18.2 Å². The number of halogens is 2. The number of rotatable bonds is 3. The zero-order valence-electron chi connectivity index (χ0n) is 12.7. The third-order valence-electron chi connectivity index (χ3n) is 3.74. The van der Waals surface area contributed by atoms with E-state index in [0.29, 0.717) is 28.8 Å². The van der Waals surface area contributed by atoms with Crippen molar-refractivity contribution in [2.45, 2.75) is 6.92 Å². The Hall–Kier alpha value is -1.30. The van der Waals surface area contributed by atoms with Crippen LogP contribution >= 0.6 is 23.2 Å². The van der Waals surface area contributed by atoms with Crippen LogP contribution in [-0.2, 0) is 9.59 Å². The number of carbonyl (C=O) groups is 2. The van der Waals surface area contributed by atoms with Crippen molar-refractivity contribution in [3.63, 3.8) is 0 Å². The summed E-state index contributed by atoms with van der Waals surface area (Å²) < 4.78 is 0. The fourth-order valence-corrected chi connectivity index (χ4v) is 2.99. The van der Waals surface area contributed by atoms with E-state index in [1.165, 1.54) is 11.8 Å². The van der Waals surface area contributed by atoms with E-state index in [4.69, 9.17) is 23.2 Å². The van der Waals surface area contributed by atoms with Crippen molar-refractivity contribution < 1.29 is 9.59 Å². The Morgan fingerprint density at radius 3 is 2.18 bits per heavy atom. The molecule has 1 saturated heterocycles. The maximum Gasteiger partial charge on any atom is 0.242 e. The smallest absolute Gasteiger partial charge is 0.242 e. The average molecular weight is 344 g/mol. The van der Waals surface area contributed by atoms with E-state index in [1.54, 1.807) is 23.1 Å². The van der Waals surface area contributed by atoms with Crippen LogP contribution in [0.3, 0.4) is 0 Å². The number of anilines is 1. The van der Waals surface area contributed by atoms with Crippen molar-refractivity contribution >= 4 is 40.7 Å². The Labute approximate surface area is 140 Å². The highest BCUT2D eigenvalue weighted by Gasteiger charge is 2.25. The summed E-state index contributed by atoms with van der Waals surface area (Å²) in [6.07, 6.45) is 0. The highest BCUT2D eigenvalue weighted by molar-refractivity contribution is 6.40. The van der Waals surface area contributed by atoms with Crippen LogP contribution < -0.4 is 4.90 Å². The lowest BCUT2D eigenvalue weighted by molar-refractivity contribution is -0.132. The van der Waals surface area contributed by atoms with E-state index in [0.717, 1.165) is 13.1 Å². The van der Waals surface area contributed by atoms with Crippen molar-refractivity contribution in [3.8, 4) is 0 Å². The number of hydrogen-bond acceptors (Lipinski definition) is 3. The van der Waals surface area contributed by atoms with Gasteiger partial charge in [0.05, 0.1) is 15.7 Å². The number of piperazine rings is 1. The quantitative estimate of drug-likeness (QED) is 0.844. The Kier molecular flexibility index (Phi) is 5.67. The molecule has 22 heavy (non-hydrogen) atoms. The first-order valence-electron chi connectivity index (χ1n) is 7.08. The molecular formula is C15H19Cl2N3O2. The molecule has 0 unspecified atom stereocenters. The SMILES string of the molecule is CC(=O)N(CC(=O)N1CCN(C)CC1)c1c(Cl)cccc1Cl. The predicted octanol–water partition coefficient (Wildman–Crippen LogP) is 2.12. The van der Waals surface area contributed by atoms with Gasteiger partial charge in [-0.1, -0.05) is 29.3 Å². The number of likely N-dealkylation sites (N-methyl/N-ethyl adjacent to an activating group) is 1. The molecular weight excluding hydrogens is 325 g/mol. The summed E-state index contributed by atoms with van der Waals surface area (Å²) in [5.74, 6) is -0.364. The minimum atomic E-state index is -0.266. The van der Waals surface area contributed by atoms with Gasteiger partial charge in [0.2, 0.25) is 11.8 Å². The van der Waals surface area contributed by atoms with Gasteiger partial charge in [-0.15, -0.1) is 0 Å². The van der Waals surface area contributed by atoms with Crippen LogP contribution in [0, 0.1) is 0 Å². The number of para-hydroxylation sites is 1. The zero-order chi connectivity index (χ0) is 16.3. The molecule has 0 aliphatic carbocycles. The van der Waals surface area contributed by atoms with E-state index in [1.807, 2.05) is 7.05 Å². The molecule has 2 amide bonds. The number of hydrogen-bond donors (Lipinski definition) is 0. The molecule has 1 aromatic rings. The summed E-state index contributed by atoms with van der Waals surface area (Å²) in [6.45, 7) is 4.34. The second-order valence-electron chi connectivity index (χ2n) is 5.36. The van der Waals surface area contributed by atoms with Gasteiger partial charge in [-0.25, -0.2) is 0 Å². The van der Waals surface area contributed by atoms with Crippen LogP contribution in [0.1, 0.15) is 6.92 Å². The van der Waals surface area contributed by atoms with Gasteiger partial charge in [0.15, 0.2) is 0 Å². The van der Waals surface area contributed by atoms with Crippen molar-refractivity contribution in [2.75, 3.05) is 44.7 Å². The fraction of sp³-hybridized carbons (Fsp3) is 0.467. The van der Waals surface area contributed by atoms with Crippen molar-refractivity contribution in [1.82, 2.24) is 9.80 Å². The van der Waals surface area contributed by atoms with Gasteiger partial charge in [-0.2, -0.15) is 0 Å². The molecule has 5 nitrogen and oxygen atoms in total. The normalized spacial score (nSPS) is 15.7.